The number of hydrogen-bond acceptors (Lipinski definition) is 2. The van der Waals surface area contributed by atoms with Crippen molar-refractivity contribution in [3.05, 3.63) is 35.1 Å². The highest BCUT2D eigenvalue weighted by atomic mass is 35.5. The number of nitrogens with one attached hydrogen (secondary N) is 1. The average molecular weight is 286 g/mol. The standard InChI is InChI=1S/C15H21ClFNO/c1-15(2,3)14(18-4)13-12-9(10(16)8-19-13)6-5-7-11(12)17/h5-7,10,13-14,18H,8H2,1-4H3. The molecule has 1 aromatic carbocycles. The summed E-state index contributed by atoms with van der Waals surface area (Å²) in [6.45, 7) is 6.76. The van der Waals surface area contributed by atoms with Crippen LogP contribution in [0.5, 0.6) is 0 Å². The molecule has 1 aromatic rings. The molecule has 0 aliphatic carbocycles. The van der Waals surface area contributed by atoms with Gasteiger partial charge < -0.3 is 10.1 Å². The van der Waals surface area contributed by atoms with E-state index >= 15 is 0 Å². The second-order valence-corrected chi connectivity index (χ2v) is 6.62. The fourth-order valence-corrected chi connectivity index (χ4v) is 3.05. The molecule has 1 heterocycles. The SMILES string of the molecule is CNC(C1OCC(Cl)c2cccc(F)c21)C(C)(C)C. The summed E-state index contributed by atoms with van der Waals surface area (Å²) in [5.74, 6) is -0.239. The predicted octanol–water partition coefficient (Wildman–Crippen LogP) is 3.81. The Morgan fingerprint density at radius 3 is 2.68 bits per heavy atom. The molecule has 3 atom stereocenters. The molecule has 2 rings (SSSR count). The van der Waals surface area contributed by atoms with Crippen LogP contribution in [0.3, 0.4) is 0 Å². The fraction of sp³-hybridized carbons (Fsp3) is 0.600. The van der Waals surface area contributed by atoms with Crippen LogP contribution in [0.1, 0.15) is 43.4 Å². The first-order chi connectivity index (χ1) is 8.86. The van der Waals surface area contributed by atoms with Crippen LogP contribution in [0.25, 0.3) is 0 Å². The van der Waals surface area contributed by atoms with E-state index < -0.39 is 0 Å². The lowest BCUT2D eigenvalue weighted by molar-refractivity contribution is -0.0157. The number of hydrogen-bond donors (Lipinski definition) is 1. The van der Waals surface area contributed by atoms with Crippen molar-refractivity contribution in [3.63, 3.8) is 0 Å². The van der Waals surface area contributed by atoms with Gasteiger partial charge in [0.2, 0.25) is 0 Å². The van der Waals surface area contributed by atoms with E-state index in [9.17, 15) is 4.39 Å². The minimum atomic E-state index is -0.309. The van der Waals surface area contributed by atoms with Crippen LogP contribution in [-0.4, -0.2) is 19.7 Å². The van der Waals surface area contributed by atoms with Gasteiger partial charge in [0, 0.05) is 11.6 Å². The number of fused-ring (bicyclic) bond motifs is 1. The number of benzene rings is 1. The first-order valence-corrected chi connectivity index (χ1v) is 7.01. The highest BCUT2D eigenvalue weighted by Gasteiger charge is 2.39. The second kappa shape index (κ2) is 5.39. The Morgan fingerprint density at radius 1 is 1.42 bits per heavy atom. The zero-order valence-corrected chi connectivity index (χ0v) is 12.6. The number of ether oxygens (including phenoxy) is 1. The van der Waals surface area contributed by atoms with Gasteiger partial charge in [-0.25, -0.2) is 4.39 Å². The van der Waals surface area contributed by atoms with Gasteiger partial charge in [0.15, 0.2) is 0 Å². The molecule has 1 aliphatic rings. The molecular weight excluding hydrogens is 265 g/mol. The van der Waals surface area contributed by atoms with Crippen LogP contribution < -0.4 is 5.32 Å². The zero-order valence-electron chi connectivity index (χ0n) is 11.8. The van der Waals surface area contributed by atoms with E-state index in [0.29, 0.717) is 12.2 Å². The van der Waals surface area contributed by atoms with Crippen LogP contribution in [0.15, 0.2) is 18.2 Å². The van der Waals surface area contributed by atoms with E-state index in [-0.39, 0.29) is 28.8 Å². The van der Waals surface area contributed by atoms with Gasteiger partial charge in [0.1, 0.15) is 11.9 Å². The van der Waals surface area contributed by atoms with Crippen molar-refractivity contribution in [2.45, 2.75) is 38.3 Å². The maximum Gasteiger partial charge on any atom is 0.129 e. The average Bonchev–Trinajstić information content (AvgIpc) is 2.32. The smallest absolute Gasteiger partial charge is 0.129 e. The number of rotatable bonds is 2. The molecule has 19 heavy (non-hydrogen) atoms. The first-order valence-electron chi connectivity index (χ1n) is 6.57. The normalized spacial score (nSPS) is 24.9. The van der Waals surface area contributed by atoms with E-state index in [0.717, 1.165) is 5.56 Å². The summed E-state index contributed by atoms with van der Waals surface area (Å²) in [6, 6.07) is 5.09. The van der Waals surface area contributed by atoms with Crippen LogP contribution >= 0.6 is 11.6 Å². The van der Waals surface area contributed by atoms with Crippen LogP contribution in [0.4, 0.5) is 4.39 Å². The third-order valence-corrected chi connectivity index (χ3v) is 4.04. The predicted molar refractivity (Wildman–Crippen MR) is 76.0 cm³/mol. The molecule has 3 unspecified atom stereocenters. The van der Waals surface area contributed by atoms with Crippen molar-refractivity contribution in [1.29, 1.82) is 0 Å². The number of likely N-dealkylation sites (N-methyl/N-ethyl adjacent to an activating group) is 1. The van der Waals surface area contributed by atoms with Gasteiger partial charge in [-0.1, -0.05) is 32.9 Å². The lowest BCUT2D eigenvalue weighted by atomic mass is 9.79. The lowest BCUT2D eigenvalue weighted by Crippen LogP contribution is -2.45. The second-order valence-electron chi connectivity index (χ2n) is 6.10. The minimum absolute atomic E-state index is 0.0207. The molecule has 0 saturated carbocycles. The highest BCUT2D eigenvalue weighted by molar-refractivity contribution is 6.21. The van der Waals surface area contributed by atoms with Crippen LogP contribution in [0.2, 0.25) is 0 Å². The molecule has 0 aromatic heterocycles. The van der Waals surface area contributed by atoms with Crippen LogP contribution in [0, 0.1) is 11.2 Å². The Bertz CT molecular complexity index is 458. The van der Waals surface area contributed by atoms with Gasteiger partial charge in [0.25, 0.3) is 0 Å². The quantitative estimate of drug-likeness (QED) is 0.834. The summed E-state index contributed by atoms with van der Waals surface area (Å²) in [5.41, 5.74) is 1.41. The van der Waals surface area contributed by atoms with Gasteiger partial charge in [-0.2, -0.15) is 0 Å². The topological polar surface area (TPSA) is 21.3 Å². The molecule has 0 spiro atoms. The van der Waals surface area contributed by atoms with E-state index in [1.807, 2.05) is 13.1 Å². The van der Waals surface area contributed by atoms with E-state index in [1.165, 1.54) is 6.07 Å². The maximum atomic E-state index is 14.2. The van der Waals surface area contributed by atoms with E-state index in [1.54, 1.807) is 6.07 Å². The monoisotopic (exact) mass is 285 g/mol. The molecule has 0 amide bonds. The van der Waals surface area contributed by atoms with Crippen LogP contribution in [-0.2, 0) is 4.74 Å². The van der Waals surface area contributed by atoms with Crippen molar-refractivity contribution in [2.75, 3.05) is 13.7 Å². The molecule has 1 N–H and O–H groups in total. The van der Waals surface area contributed by atoms with Gasteiger partial charge in [0.05, 0.1) is 12.0 Å². The summed E-state index contributed by atoms with van der Waals surface area (Å²) in [4.78, 5) is 0. The molecule has 2 nitrogen and oxygen atoms in total. The Hall–Kier alpha value is -0.640. The van der Waals surface area contributed by atoms with Crippen molar-refractivity contribution >= 4 is 11.6 Å². The molecule has 106 valence electrons. The van der Waals surface area contributed by atoms with Crippen molar-refractivity contribution in [2.24, 2.45) is 5.41 Å². The summed E-state index contributed by atoms with van der Waals surface area (Å²) in [5, 5.41) is 2.98. The maximum absolute atomic E-state index is 14.2. The Labute approximate surface area is 119 Å². The summed E-state index contributed by atoms with van der Waals surface area (Å²) >= 11 is 6.23. The number of alkyl halides is 1. The van der Waals surface area contributed by atoms with Gasteiger partial charge in [-0.3, -0.25) is 0 Å². The number of halogens is 2. The fourth-order valence-electron chi connectivity index (χ4n) is 2.79. The molecule has 0 fully saturated rings. The Kier molecular flexibility index (Phi) is 4.19. The molecule has 0 radical (unpaired) electrons. The first kappa shape index (κ1) is 14.8. The van der Waals surface area contributed by atoms with Gasteiger partial charge >= 0.3 is 0 Å². The highest BCUT2D eigenvalue weighted by Crippen LogP contribution is 2.42. The van der Waals surface area contributed by atoms with Crippen molar-refractivity contribution in [3.8, 4) is 0 Å². The summed E-state index contributed by atoms with van der Waals surface area (Å²) in [7, 11) is 1.88. The van der Waals surface area contributed by atoms with Gasteiger partial charge in [-0.15, -0.1) is 11.6 Å². The Balaban J connectivity index is 2.48. The van der Waals surface area contributed by atoms with Gasteiger partial charge in [-0.05, 0) is 24.1 Å². The van der Waals surface area contributed by atoms with E-state index in [4.69, 9.17) is 16.3 Å². The summed E-state index contributed by atoms with van der Waals surface area (Å²) in [6.07, 6.45) is -0.309. The zero-order chi connectivity index (χ0) is 14.2. The third kappa shape index (κ3) is 2.78. The molecule has 0 saturated heterocycles. The van der Waals surface area contributed by atoms with E-state index in [2.05, 4.69) is 26.1 Å². The third-order valence-electron chi connectivity index (χ3n) is 3.68. The summed E-state index contributed by atoms with van der Waals surface area (Å²) < 4.78 is 20.1. The van der Waals surface area contributed by atoms with Crippen molar-refractivity contribution in [1.82, 2.24) is 5.32 Å². The molecule has 0 bridgehead atoms. The largest absolute Gasteiger partial charge is 0.370 e. The van der Waals surface area contributed by atoms with Crippen molar-refractivity contribution < 1.29 is 9.13 Å². The molecule has 1 aliphatic heterocycles. The lowest BCUT2D eigenvalue weighted by Gasteiger charge is -2.40. The molecular formula is C15H21ClFNO. The molecule has 4 heteroatoms. The Morgan fingerprint density at radius 2 is 2.11 bits per heavy atom. The minimum Gasteiger partial charge on any atom is -0.370 e.